The molecule has 0 bridgehead atoms. The second kappa shape index (κ2) is 11.2. The SMILES string of the molecule is Cn1c(N2CCN(CCCOc3ccc([N+](=O)[O-])cc3C(=O)c3cccnc3)CC2)cc(=O)n(C)c1=O. The summed E-state index contributed by atoms with van der Waals surface area (Å²) in [6.45, 7) is 3.94. The second-order valence-electron chi connectivity index (χ2n) is 8.78. The number of aromatic nitrogens is 3. The molecule has 1 aliphatic rings. The van der Waals surface area contributed by atoms with E-state index in [2.05, 4.69) is 9.88 Å². The quantitative estimate of drug-likeness (QED) is 0.181. The Bertz CT molecular complexity index is 1410. The summed E-state index contributed by atoms with van der Waals surface area (Å²) in [5.41, 5.74) is -0.429. The fraction of sp³-hybridized carbons (Fsp3) is 0.360. The van der Waals surface area contributed by atoms with Gasteiger partial charge in [0.25, 0.3) is 11.2 Å². The summed E-state index contributed by atoms with van der Waals surface area (Å²) < 4.78 is 8.44. The van der Waals surface area contributed by atoms with E-state index in [0.29, 0.717) is 37.5 Å². The van der Waals surface area contributed by atoms with Crippen molar-refractivity contribution in [1.29, 1.82) is 0 Å². The van der Waals surface area contributed by atoms with Gasteiger partial charge < -0.3 is 9.64 Å². The van der Waals surface area contributed by atoms with E-state index in [9.17, 15) is 24.5 Å². The van der Waals surface area contributed by atoms with Crippen LogP contribution in [0.5, 0.6) is 5.75 Å². The van der Waals surface area contributed by atoms with Gasteiger partial charge in [-0.1, -0.05) is 0 Å². The smallest absolute Gasteiger partial charge is 0.332 e. The van der Waals surface area contributed by atoms with E-state index in [-0.39, 0.29) is 28.2 Å². The molecule has 3 heterocycles. The lowest BCUT2D eigenvalue weighted by atomic mass is 10.0. The van der Waals surface area contributed by atoms with Crippen LogP contribution in [0.2, 0.25) is 0 Å². The van der Waals surface area contributed by atoms with Crippen molar-refractivity contribution in [3.63, 3.8) is 0 Å². The Kier molecular flexibility index (Phi) is 7.77. The van der Waals surface area contributed by atoms with Gasteiger partial charge in [0.15, 0.2) is 5.78 Å². The number of ketones is 1. The largest absolute Gasteiger partial charge is 0.493 e. The summed E-state index contributed by atoms with van der Waals surface area (Å²) in [5.74, 6) is 0.504. The third-order valence-corrected chi connectivity index (χ3v) is 6.42. The van der Waals surface area contributed by atoms with Gasteiger partial charge in [0.1, 0.15) is 11.6 Å². The summed E-state index contributed by atoms with van der Waals surface area (Å²) in [4.78, 5) is 56.2. The number of nitro groups is 1. The van der Waals surface area contributed by atoms with Crippen molar-refractivity contribution >= 4 is 17.3 Å². The first-order valence-corrected chi connectivity index (χ1v) is 11.9. The molecular formula is C25H28N6O6. The van der Waals surface area contributed by atoms with E-state index in [1.165, 1.54) is 42.1 Å². The zero-order valence-corrected chi connectivity index (χ0v) is 20.7. The number of ether oxygens (including phenoxy) is 1. The van der Waals surface area contributed by atoms with E-state index < -0.39 is 10.7 Å². The summed E-state index contributed by atoms with van der Waals surface area (Å²) in [7, 11) is 3.12. The van der Waals surface area contributed by atoms with Crippen LogP contribution in [0.3, 0.4) is 0 Å². The van der Waals surface area contributed by atoms with Crippen LogP contribution in [0.15, 0.2) is 58.4 Å². The number of carbonyl (C=O) groups excluding carboxylic acids is 1. The number of carbonyl (C=O) groups is 1. The van der Waals surface area contributed by atoms with Crippen molar-refractivity contribution in [1.82, 2.24) is 19.0 Å². The average Bonchev–Trinajstić information content (AvgIpc) is 2.92. The lowest BCUT2D eigenvalue weighted by Crippen LogP contribution is -2.49. The van der Waals surface area contributed by atoms with E-state index >= 15 is 0 Å². The summed E-state index contributed by atoms with van der Waals surface area (Å²) in [6.07, 6.45) is 3.64. The number of anilines is 1. The van der Waals surface area contributed by atoms with Crippen LogP contribution >= 0.6 is 0 Å². The standard InChI is InChI=1S/C25H28N6O6/c1-27-22(16-23(32)28(2)25(27)34)30-12-10-29(11-13-30)9-4-14-37-21-7-6-19(31(35)36)15-20(21)24(33)18-5-3-8-26-17-18/h3,5-8,15-17H,4,9-14H2,1-2H3. The number of non-ortho nitro benzene ring substituents is 1. The zero-order chi connectivity index (χ0) is 26.5. The van der Waals surface area contributed by atoms with Crippen LogP contribution in [0, 0.1) is 10.1 Å². The molecule has 12 heteroatoms. The number of rotatable bonds is 9. The maximum Gasteiger partial charge on any atom is 0.332 e. The van der Waals surface area contributed by atoms with Crippen LogP contribution in [-0.4, -0.2) is 69.1 Å². The second-order valence-corrected chi connectivity index (χ2v) is 8.78. The first-order chi connectivity index (χ1) is 17.8. The molecule has 1 aliphatic heterocycles. The maximum absolute atomic E-state index is 13.0. The van der Waals surface area contributed by atoms with Gasteiger partial charge in [0.2, 0.25) is 0 Å². The average molecular weight is 509 g/mol. The number of pyridine rings is 1. The van der Waals surface area contributed by atoms with Gasteiger partial charge in [-0.15, -0.1) is 0 Å². The van der Waals surface area contributed by atoms with Crippen molar-refractivity contribution in [2.24, 2.45) is 14.1 Å². The summed E-state index contributed by atoms with van der Waals surface area (Å²) >= 11 is 0. The monoisotopic (exact) mass is 508 g/mol. The molecule has 194 valence electrons. The zero-order valence-electron chi connectivity index (χ0n) is 20.7. The van der Waals surface area contributed by atoms with Crippen LogP contribution < -0.4 is 20.9 Å². The number of nitrogens with zero attached hydrogens (tertiary/aromatic N) is 6. The molecule has 0 N–H and O–H groups in total. The van der Waals surface area contributed by atoms with Crippen LogP contribution in [0.1, 0.15) is 22.3 Å². The molecule has 1 saturated heterocycles. The van der Waals surface area contributed by atoms with Gasteiger partial charge in [-0.3, -0.25) is 38.7 Å². The predicted octanol–water partition coefficient (Wildman–Crippen LogP) is 1.21. The number of piperazine rings is 1. The molecular weight excluding hydrogens is 480 g/mol. The van der Waals surface area contributed by atoms with Gasteiger partial charge in [0, 0.05) is 83.0 Å². The number of hydrogen-bond acceptors (Lipinski definition) is 9. The van der Waals surface area contributed by atoms with Crippen LogP contribution in [-0.2, 0) is 14.1 Å². The molecule has 12 nitrogen and oxygen atoms in total. The summed E-state index contributed by atoms with van der Waals surface area (Å²) in [5, 5.41) is 11.2. The van der Waals surface area contributed by atoms with Crippen molar-refractivity contribution in [2.75, 3.05) is 44.2 Å². The van der Waals surface area contributed by atoms with E-state index in [0.717, 1.165) is 24.2 Å². The molecule has 0 radical (unpaired) electrons. The number of benzene rings is 1. The van der Waals surface area contributed by atoms with Crippen molar-refractivity contribution in [3.05, 3.63) is 90.9 Å². The van der Waals surface area contributed by atoms with Crippen LogP contribution in [0.25, 0.3) is 0 Å². The third kappa shape index (κ3) is 5.75. The Balaban J connectivity index is 1.34. The Hall–Kier alpha value is -4.32. The molecule has 37 heavy (non-hydrogen) atoms. The minimum Gasteiger partial charge on any atom is -0.493 e. The van der Waals surface area contributed by atoms with Gasteiger partial charge in [-0.25, -0.2) is 4.79 Å². The summed E-state index contributed by atoms with van der Waals surface area (Å²) in [6, 6.07) is 8.71. The molecule has 4 rings (SSSR count). The molecule has 0 saturated carbocycles. The molecule has 3 aromatic rings. The van der Waals surface area contributed by atoms with E-state index in [1.807, 2.05) is 4.90 Å². The fourth-order valence-electron chi connectivity index (χ4n) is 4.28. The Morgan fingerprint density at radius 3 is 2.51 bits per heavy atom. The number of hydrogen-bond donors (Lipinski definition) is 0. The van der Waals surface area contributed by atoms with Gasteiger partial charge in [0.05, 0.1) is 17.1 Å². The Morgan fingerprint density at radius 1 is 1.08 bits per heavy atom. The molecule has 0 aliphatic carbocycles. The van der Waals surface area contributed by atoms with E-state index in [1.54, 1.807) is 25.4 Å². The highest BCUT2D eigenvalue weighted by molar-refractivity contribution is 6.10. The minimum atomic E-state index is -0.547. The molecule has 0 atom stereocenters. The van der Waals surface area contributed by atoms with Gasteiger partial charge >= 0.3 is 5.69 Å². The van der Waals surface area contributed by atoms with Gasteiger partial charge in [-0.2, -0.15) is 0 Å². The van der Waals surface area contributed by atoms with E-state index in [4.69, 9.17) is 4.74 Å². The fourth-order valence-corrected chi connectivity index (χ4v) is 4.28. The first kappa shape index (κ1) is 25.8. The lowest BCUT2D eigenvalue weighted by Gasteiger charge is -2.36. The first-order valence-electron chi connectivity index (χ1n) is 11.9. The Labute approximate surface area is 212 Å². The molecule has 0 unspecified atom stereocenters. The molecule has 0 spiro atoms. The topological polar surface area (TPSA) is 133 Å². The third-order valence-electron chi connectivity index (χ3n) is 6.42. The molecule has 2 aromatic heterocycles. The minimum absolute atomic E-state index is 0.121. The maximum atomic E-state index is 13.0. The molecule has 1 fully saturated rings. The van der Waals surface area contributed by atoms with Gasteiger partial charge in [-0.05, 0) is 24.6 Å². The van der Waals surface area contributed by atoms with Crippen molar-refractivity contribution in [3.8, 4) is 5.75 Å². The van der Waals surface area contributed by atoms with Crippen molar-refractivity contribution in [2.45, 2.75) is 6.42 Å². The number of nitro benzene ring substituents is 1. The molecule has 1 aromatic carbocycles. The van der Waals surface area contributed by atoms with Crippen molar-refractivity contribution < 1.29 is 14.5 Å². The van der Waals surface area contributed by atoms with Crippen LogP contribution in [0.4, 0.5) is 11.5 Å². The highest BCUT2D eigenvalue weighted by Crippen LogP contribution is 2.27. The highest BCUT2D eigenvalue weighted by atomic mass is 16.6. The highest BCUT2D eigenvalue weighted by Gasteiger charge is 2.21. The lowest BCUT2D eigenvalue weighted by molar-refractivity contribution is -0.384. The predicted molar refractivity (Wildman–Crippen MR) is 136 cm³/mol. The normalized spacial score (nSPS) is 13.9. The molecule has 0 amide bonds. The Morgan fingerprint density at radius 2 is 1.84 bits per heavy atom.